The quantitative estimate of drug-likeness (QED) is 0.602. The molecule has 1 aliphatic carbocycles. The van der Waals surface area contributed by atoms with Crippen LogP contribution in [0.1, 0.15) is 38.2 Å². The van der Waals surface area contributed by atoms with Crippen LogP contribution in [-0.2, 0) is 0 Å². The fourth-order valence-corrected chi connectivity index (χ4v) is 3.71. The molecule has 2 heterocycles. The highest BCUT2D eigenvalue weighted by atomic mass is 16.5. The molecule has 0 atom stereocenters. The first kappa shape index (κ1) is 18.6. The third-order valence-electron chi connectivity index (χ3n) is 5.33. The van der Waals surface area contributed by atoms with E-state index in [0.29, 0.717) is 18.7 Å². The molecule has 0 unspecified atom stereocenters. The molecular weight excluding hydrogens is 352 g/mol. The zero-order chi connectivity index (χ0) is 19.5. The molecule has 0 radical (unpaired) electrons. The summed E-state index contributed by atoms with van der Waals surface area (Å²) in [6.45, 7) is 4.72. The normalized spacial score (nSPS) is 19.5. The van der Waals surface area contributed by atoms with Crippen molar-refractivity contribution in [3.63, 3.8) is 0 Å². The lowest BCUT2D eigenvalue weighted by Gasteiger charge is -2.28. The van der Waals surface area contributed by atoms with Gasteiger partial charge < -0.3 is 21.1 Å². The number of anilines is 3. The van der Waals surface area contributed by atoms with Crippen molar-refractivity contribution in [2.24, 2.45) is 5.73 Å². The third kappa shape index (κ3) is 3.89. The number of nitrogens with one attached hydrogen (secondary N) is 2. The van der Waals surface area contributed by atoms with Crippen LogP contribution in [0.15, 0.2) is 36.7 Å². The Bertz CT molecular complexity index is 928. The van der Waals surface area contributed by atoms with Gasteiger partial charge in [0, 0.05) is 35.7 Å². The van der Waals surface area contributed by atoms with Crippen LogP contribution in [0.4, 0.5) is 17.2 Å². The molecule has 3 aromatic rings. The average Bonchev–Trinajstić information content (AvgIpc) is 3.16. The molecule has 1 fully saturated rings. The smallest absolute Gasteiger partial charge is 0.177 e. The van der Waals surface area contributed by atoms with Crippen molar-refractivity contribution in [1.29, 1.82) is 0 Å². The minimum Gasteiger partial charge on any atom is -0.494 e. The zero-order valence-electron chi connectivity index (χ0n) is 16.5. The zero-order valence-corrected chi connectivity index (χ0v) is 16.5. The van der Waals surface area contributed by atoms with Crippen molar-refractivity contribution in [2.45, 2.75) is 51.6 Å². The topological polar surface area (TPSA) is 89.5 Å². The van der Waals surface area contributed by atoms with Gasteiger partial charge in [0.05, 0.1) is 12.3 Å². The van der Waals surface area contributed by atoms with Crippen LogP contribution in [0.3, 0.4) is 0 Å². The largest absolute Gasteiger partial charge is 0.494 e. The first-order valence-electron chi connectivity index (χ1n) is 10.00. The summed E-state index contributed by atoms with van der Waals surface area (Å²) in [5.41, 5.74) is 9.85. The van der Waals surface area contributed by atoms with Crippen LogP contribution in [-0.4, -0.2) is 33.3 Å². The van der Waals surface area contributed by atoms with Crippen molar-refractivity contribution in [3.8, 4) is 5.75 Å². The van der Waals surface area contributed by atoms with E-state index in [1.54, 1.807) is 6.20 Å². The molecule has 0 saturated heterocycles. The number of hydrogen-bond donors (Lipinski definition) is 3. The molecule has 0 spiro atoms. The van der Waals surface area contributed by atoms with Crippen LogP contribution in [0.25, 0.3) is 5.65 Å². The van der Waals surface area contributed by atoms with Crippen molar-refractivity contribution in [2.75, 3.05) is 17.2 Å². The first-order chi connectivity index (χ1) is 13.6. The van der Waals surface area contributed by atoms with E-state index >= 15 is 0 Å². The van der Waals surface area contributed by atoms with Gasteiger partial charge in [-0.05, 0) is 63.8 Å². The molecule has 0 aliphatic heterocycles. The molecule has 148 valence electrons. The van der Waals surface area contributed by atoms with Gasteiger partial charge in [0.15, 0.2) is 11.5 Å². The van der Waals surface area contributed by atoms with Crippen LogP contribution < -0.4 is 21.1 Å². The Morgan fingerprint density at radius 2 is 1.93 bits per heavy atom. The number of imidazole rings is 1. The standard InChI is InChI=1S/C21H28N6O/c1-3-28-18-10-8-16(9-11-18)24-19-14(2)20(26-27-13-12-23-21(19)27)25-17-6-4-15(22)5-7-17/h8-13,15,17,24H,3-7,22H2,1-2H3,(H,25,26)/t15-,17-. The van der Waals surface area contributed by atoms with E-state index in [4.69, 9.17) is 15.6 Å². The Labute approximate surface area is 165 Å². The van der Waals surface area contributed by atoms with Gasteiger partial charge in [0.1, 0.15) is 5.75 Å². The molecule has 1 aromatic carbocycles. The van der Waals surface area contributed by atoms with Crippen molar-refractivity contribution in [1.82, 2.24) is 14.6 Å². The highest BCUT2D eigenvalue weighted by Gasteiger charge is 2.21. The Morgan fingerprint density at radius 3 is 2.64 bits per heavy atom. The minimum absolute atomic E-state index is 0.333. The SMILES string of the molecule is CCOc1ccc(Nc2c(C)c(N[C@H]3CC[C@H](N)CC3)nn3ccnc23)cc1. The van der Waals surface area contributed by atoms with Gasteiger partial charge in [0.2, 0.25) is 0 Å². The number of hydrogen-bond acceptors (Lipinski definition) is 6. The lowest BCUT2D eigenvalue weighted by Crippen LogP contribution is -2.33. The second-order valence-electron chi connectivity index (χ2n) is 7.38. The average molecular weight is 380 g/mol. The molecule has 4 rings (SSSR count). The predicted octanol–water partition coefficient (Wildman–Crippen LogP) is 3.86. The van der Waals surface area contributed by atoms with E-state index in [1.807, 2.05) is 41.9 Å². The summed E-state index contributed by atoms with van der Waals surface area (Å²) in [6.07, 6.45) is 7.91. The van der Waals surface area contributed by atoms with Crippen LogP contribution in [0.2, 0.25) is 0 Å². The van der Waals surface area contributed by atoms with Gasteiger partial charge in [-0.3, -0.25) is 0 Å². The molecule has 0 bridgehead atoms. The second kappa shape index (κ2) is 8.06. The third-order valence-corrected chi connectivity index (χ3v) is 5.33. The molecule has 28 heavy (non-hydrogen) atoms. The van der Waals surface area contributed by atoms with Crippen LogP contribution in [0.5, 0.6) is 5.75 Å². The number of nitrogens with two attached hydrogens (primary N) is 1. The molecule has 1 aliphatic rings. The molecule has 4 N–H and O–H groups in total. The molecule has 1 saturated carbocycles. The summed E-state index contributed by atoms with van der Waals surface area (Å²) >= 11 is 0. The molecule has 7 nitrogen and oxygen atoms in total. The van der Waals surface area contributed by atoms with Gasteiger partial charge in [-0.2, -0.15) is 0 Å². The van der Waals surface area contributed by atoms with Gasteiger partial charge >= 0.3 is 0 Å². The van der Waals surface area contributed by atoms with Gasteiger partial charge in [-0.15, -0.1) is 5.10 Å². The number of rotatable bonds is 6. The van der Waals surface area contributed by atoms with Gasteiger partial charge in [0.25, 0.3) is 0 Å². The van der Waals surface area contributed by atoms with E-state index in [9.17, 15) is 0 Å². The minimum atomic E-state index is 0.333. The molecule has 2 aromatic heterocycles. The van der Waals surface area contributed by atoms with E-state index in [-0.39, 0.29) is 0 Å². The van der Waals surface area contributed by atoms with E-state index in [2.05, 4.69) is 22.5 Å². The summed E-state index contributed by atoms with van der Waals surface area (Å²) in [7, 11) is 0. The number of aromatic nitrogens is 3. The Balaban J connectivity index is 1.61. The highest BCUT2D eigenvalue weighted by Crippen LogP contribution is 2.31. The maximum Gasteiger partial charge on any atom is 0.177 e. The highest BCUT2D eigenvalue weighted by molar-refractivity contribution is 5.80. The number of ether oxygens (including phenoxy) is 1. The molecule has 7 heteroatoms. The van der Waals surface area contributed by atoms with Gasteiger partial charge in [-0.25, -0.2) is 9.50 Å². The Hall–Kier alpha value is -2.80. The fraction of sp³-hybridized carbons (Fsp3) is 0.429. The lowest BCUT2D eigenvalue weighted by atomic mass is 9.92. The number of fused-ring (bicyclic) bond motifs is 1. The lowest BCUT2D eigenvalue weighted by molar-refractivity contribution is 0.340. The maximum atomic E-state index is 6.05. The monoisotopic (exact) mass is 380 g/mol. The van der Waals surface area contributed by atoms with E-state index < -0.39 is 0 Å². The summed E-state index contributed by atoms with van der Waals surface area (Å²) in [6, 6.07) is 8.70. The number of benzene rings is 1. The summed E-state index contributed by atoms with van der Waals surface area (Å²) in [4.78, 5) is 4.49. The summed E-state index contributed by atoms with van der Waals surface area (Å²) in [5, 5.41) is 11.9. The predicted molar refractivity (Wildman–Crippen MR) is 112 cm³/mol. The molecular formula is C21H28N6O. The van der Waals surface area contributed by atoms with Gasteiger partial charge in [-0.1, -0.05) is 0 Å². The first-order valence-corrected chi connectivity index (χ1v) is 10.00. The fourth-order valence-electron chi connectivity index (χ4n) is 3.71. The van der Waals surface area contributed by atoms with Crippen LogP contribution >= 0.6 is 0 Å². The molecule has 0 amide bonds. The number of nitrogens with zero attached hydrogens (tertiary/aromatic N) is 3. The summed E-state index contributed by atoms with van der Waals surface area (Å²) in [5.74, 6) is 1.75. The van der Waals surface area contributed by atoms with E-state index in [0.717, 1.165) is 59.8 Å². The summed E-state index contributed by atoms with van der Waals surface area (Å²) < 4.78 is 7.35. The van der Waals surface area contributed by atoms with Crippen molar-refractivity contribution in [3.05, 3.63) is 42.2 Å². The maximum absolute atomic E-state index is 6.05. The van der Waals surface area contributed by atoms with Crippen LogP contribution in [0, 0.1) is 6.92 Å². The second-order valence-corrected chi connectivity index (χ2v) is 7.38. The van der Waals surface area contributed by atoms with Crippen molar-refractivity contribution >= 4 is 22.8 Å². The van der Waals surface area contributed by atoms with E-state index in [1.165, 1.54) is 0 Å². The Kier molecular flexibility index (Phi) is 5.34. The Morgan fingerprint density at radius 1 is 1.18 bits per heavy atom. The van der Waals surface area contributed by atoms with Crippen molar-refractivity contribution < 1.29 is 4.74 Å².